The lowest BCUT2D eigenvalue weighted by Crippen LogP contribution is -2.47. The normalized spacial score (nSPS) is 28.8. The number of ether oxygens (including phenoxy) is 1. The van der Waals surface area contributed by atoms with E-state index in [1.165, 1.54) is 19.2 Å². The van der Waals surface area contributed by atoms with E-state index in [4.69, 9.17) is 4.74 Å². The van der Waals surface area contributed by atoms with Crippen molar-refractivity contribution in [3.63, 3.8) is 0 Å². The second-order valence-corrected chi connectivity index (χ2v) is 8.83. The fourth-order valence-electron chi connectivity index (χ4n) is 3.60. The molecule has 2 saturated heterocycles. The number of sulfonamides is 1. The molecule has 4 nitrogen and oxygen atoms in total. The maximum absolute atomic E-state index is 13.9. The molecule has 0 radical (unpaired) electrons. The van der Waals surface area contributed by atoms with Crippen molar-refractivity contribution >= 4 is 21.8 Å². The molecule has 2 aliphatic heterocycles. The largest absolute Gasteiger partial charge is 0.494 e. The third kappa shape index (κ3) is 2.63. The molecular formula is C15H20FNO3S2. The van der Waals surface area contributed by atoms with Crippen molar-refractivity contribution in [1.29, 1.82) is 0 Å². The van der Waals surface area contributed by atoms with Crippen LogP contribution >= 0.6 is 11.8 Å². The standard InChI is InChI=1S/C15H20FNO3S2/c1-20-15-6-5-13(9-14(15)16)22(18,19)17-10-3-4-11(17)8-12(7-10)21-2/h5-6,9-12H,3-4,7-8H2,1-2H3/t10-,11-/m0/s1. The van der Waals surface area contributed by atoms with E-state index in [0.29, 0.717) is 5.25 Å². The van der Waals surface area contributed by atoms with Gasteiger partial charge in [0.15, 0.2) is 11.6 Å². The minimum Gasteiger partial charge on any atom is -0.494 e. The number of hydrogen-bond donors (Lipinski definition) is 0. The Morgan fingerprint density at radius 2 is 1.91 bits per heavy atom. The lowest BCUT2D eigenvalue weighted by atomic mass is 10.1. The predicted octanol–water partition coefficient (Wildman–Crippen LogP) is 2.88. The zero-order valence-corrected chi connectivity index (χ0v) is 14.3. The van der Waals surface area contributed by atoms with E-state index in [9.17, 15) is 12.8 Å². The molecule has 22 heavy (non-hydrogen) atoms. The first kappa shape index (κ1) is 16.1. The van der Waals surface area contributed by atoms with Gasteiger partial charge in [0.1, 0.15) is 0 Å². The Labute approximate surface area is 135 Å². The first-order chi connectivity index (χ1) is 10.5. The van der Waals surface area contributed by atoms with Gasteiger partial charge in [-0.25, -0.2) is 12.8 Å². The van der Waals surface area contributed by atoms with E-state index in [2.05, 4.69) is 6.26 Å². The van der Waals surface area contributed by atoms with Crippen molar-refractivity contribution < 1.29 is 17.5 Å². The van der Waals surface area contributed by atoms with Crippen LogP contribution in [-0.2, 0) is 10.0 Å². The van der Waals surface area contributed by atoms with Crippen molar-refractivity contribution in [2.24, 2.45) is 0 Å². The molecule has 0 N–H and O–H groups in total. The average Bonchev–Trinajstić information content (AvgIpc) is 2.79. The summed E-state index contributed by atoms with van der Waals surface area (Å²) in [6.07, 6.45) is 5.65. The molecule has 0 aliphatic carbocycles. The van der Waals surface area contributed by atoms with Gasteiger partial charge in [0.2, 0.25) is 10.0 Å². The number of methoxy groups -OCH3 is 1. The van der Waals surface area contributed by atoms with Gasteiger partial charge in [-0.2, -0.15) is 16.1 Å². The number of benzene rings is 1. The number of piperidine rings is 1. The highest BCUT2D eigenvalue weighted by Gasteiger charge is 2.47. The topological polar surface area (TPSA) is 46.6 Å². The van der Waals surface area contributed by atoms with Gasteiger partial charge in [0.25, 0.3) is 0 Å². The summed E-state index contributed by atoms with van der Waals surface area (Å²) in [6.45, 7) is 0. The van der Waals surface area contributed by atoms with Gasteiger partial charge in [-0.3, -0.25) is 0 Å². The van der Waals surface area contributed by atoms with Crippen LogP contribution in [0.4, 0.5) is 4.39 Å². The molecule has 0 saturated carbocycles. The van der Waals surface area contributed by atoms with Crippen LogP contribution in [0, 0.1) is 5.82 Å². The summed E-state index contributed by atoms with van der Waals surface area (Å²) in [7, 11) is -2.29. The van der Waals surface area contributed by atoms with Crippen LogP contribution in [0.1, 0.15) is 25.7 Å². The Morgan fingerprint density at radius 1 is 1.27 bits per heavy atom. The van der Waals surface area contributed by atoms with Crippen LogP contribution in [0.2, 0.25) is 0 Å². The third-order valence-electron chi connectivity index (χ3n) is 4.65. The molecule has 1 aromatic carbocycles. The minimum absolute atomic E-state index is 0.0188. The lowest BCUT2D eigenvalue weighted by molar-refractivity contribution is 0.253. The van der Waals surface area contributed by atoms with Crippen molar-refractivity contribution in [2.45, 2.75) is 47.9 Å². The summed E-state index contributed by atoms with van der Waals surface area (Å²) in [6, 6.07) is 3.96. The molecule has 2 aliphatic rings. The smallest absolute Gasteiger partial charge is 0.243 e. The van der Waals surface area contributed by atoms with Crippen LogP contribution < -0.4 is 4.74 Å². The number of rotatable bonds is 4. The second-order valence-electron chi connectivity index (χ2n) is 5.85. The molecule has 0 spiro atoms. The molecule has 1 aromatic rings. The van der Waals surface area contributed by atoms with Gasteiger partial charge >= 0.3 is 0 Å². The maximum atomic E-state index is 13.9. The summed E-state index contributed by atoms with van der Waals surface area (Å²) in [5.74, 6) is -0.585. The van der Waals surface area contributed by atoms with E-state index in [1.807, 2.05) is 11.8 Å². The average molecular weight is 345 g/mol. The number of hydrogen-bond acceptors (Lipinski definition) is 4. The first-order valence-electron chi connectivity index (χ1n) is 7.37. The van der Waals surface area contributed by atoms with Crippen LogP contribution in [0.5, 0.6) is 5.75 Å². The van der Waals surface area contributed by atoms with Crippen molar-refractivity contribution in [3.8, 4) is 5.75 Å². The molecule has 2 atom stereocenters. The summed E-state index contributed by atoms with van der Waals surface area (Å²) in [5, 5.41) is 0.525. The Kier molecular flexibility index (Phi) is 4.40. The summed E-state index contributed by atoms with van der Waals surface area (Å²) >= 11 is 1.81. The van der Waals surface area contributed by atoms with E-state index < -0.39 is 15.8 Å². The molecule has 0 amide bonds. The Bertz CT molecular complexity index is 651. The molecule has 3 rings (SSSR count). The van der Waals surface area contributed by atoms with Crippen molar-refractivity contribution in [2.75, 3.05) is 13.4 Å². The molecule has 2 heterocycles. The van der Waals surface area contributed by atoms with Crippen LogP contribution in [0.15, 0.2) is 23.1 Å². The van der Waals surface area contributed by atoms with Gasteiger partial charge in [0, 0.05) is 17.3 Å². The molecule has 2 bridgehead atoms. The SMILES string of the molecule is COc1ccc(S(=O)(=O)N2[C@H]3CC[C@H]2CC(SC)C3)cc1F. The molecular weight excluding hydrogens is 325 g/mol. The van der Waals surface area contributed by atoms with E-state index in [0.717, 1.165) is 31.7 Å². The van der Waals surface area contributed by atoms with Crippen LogP contribution in [0.3, 0.4) is 0 Å². The fourth-order valence-corrected chi connectivity index (χ4v) is 6.33. The van der Waals surface area contributed by atoms with Gasteiger partial charge in [-0.1, -0.05) is 0 Å². The quantitative estimate of drug-likeness (QED) is 0.842. The zero-order chi connectivity index (χ0) is 15.9. The first-order valence-corrected chi connectivity index (χ1v) is 10.1. The minimum atomic E-state index is -3.65. The monoisotopic (exact) mass is 345 g/mol. The molecule has 0 aromatic heterocycles. The highest BCUT2D eigenvalue weighted by Crippen LogP contribution is 2.42. The number of halogens is 1. The molecule has 0 unspecified atom stereocenters. The maximum Gasteiger partial charge on any atom is 0.243 e. The Morgan fingerprint density at radius 3 is 2.41 bits per heavy atom. The lowest BCUT2D eigenvalue weighted by Gasteiger charge is -2.37. The van der Waals surface area contributed by atoms with Gasteiger partial charge < -0.3 is 4.74 Å². The molecule has 122 valence electrons. The summed E-state index contributed by atoms with van der Waals surface area (Å²) < 4.78 is 46.2. The number of thioether (sulfide) groups is 1. The highest BCUT2D eigenvalue weighted by molar-refractivity contribution is 7.99. The Hall–Kier alpha value is -0.790. The third-order valence-corrected chi connectivity index (χ3v) is 7.71. The molecule has 7 heteroatoms. The summed E-state index contributed by atoms with van der Waals surface area (Å²) in [4.78, 5) is 0.0188. The predicted molar refractivity (Wildman–Crippen MR) is 85.3 cm³/mol. The molecule has 2 fully saturated rings. The van der Waals surface area contributed by atoms with Gasteiger partial charge in [-0.15, -0.1) is 0 Å². The van der Waals surface area contributed by atoms with Crippen LogP contribution in [0.25, 0.3) is 0 Å². The summed E-state index contributed by atoms with van der Waals surface area (Å²) in [5.41, 5.74) is 0. The van der Waals surface area contributed by atoms with Gasteiger partial charge in [0.05, 0.1) is 12.0 Å². The van der Waals surface area contributed by atoms with Gasteiger partial charge in [-0.05, 0) is 50.1 Å². The van der Waals surface area contributed by atoms with E-state index in [1.54, 1.807) is 4.31 Å². The van der Waals surface area contributed by atoms with E-state index >= 15 is 0 Å². The number of nitrogens with zero attached hydrogens (tertiary/aromatic N) is 1. The Balaban J connectivity index is 1.92. The van der Waals surface area contributed by atoms with Crippen LogP contribution in [-0.4, -0.2) is 43.4 Å². The number of fused-ring (bicyclic) bond motifs is 2. The van der Waals surface area contributed by atoms with Crippen molar-refractivity contribution in [1.82, 2.24) is 4.31 Å². The second kappa shape index (κ2) is 6.02. The highest BCUT2D eigenvalue weighted by atomic mass is 32.2. The fraction of sp³-hybridized carbons (Fsp3) is 0.600. The van der Waals surface area contributed by atoms with E-state index in [-0.39, 0.29) is 22.7 Å². The zero-order valence-electron chi connectivity index (χ0n) is 12.7. The van der Waals surface area contributed by atoms with Crippen molar-refractivity contribution in [3.05, 3.63) is 24.0 Å².